The molecular weight excluding hydrogens is 211 g/mol. The van der Waals surface area contributed by atoms with Gasteiger partial charge in [-0.05, 0) is 18.8 Å². The van der Waals surface area contributed by atoms with Gasteiger partial charge in [-0.2, -0.15) is 0 Å². The Hall–Kier alpha value is 0.500. The van der Waals surface area contributed by atoms with Crippen LogP contribution >= 0.6 is 23.2 Å². The van der Waals surface area contributed by atoms with Crippen molar-refractivity contribution in [1.29, 1.82) is 0 Å². The maximum absolute atomic E-state index is 5.68. The summed E-state index contributed by atoms with van der Waals surface area (Å²) in [6.45, 7) is 2.10. The van der Waals surface area contributed by atoms with Gasteiger partial charge in [0, 0.05) is 25.5 Å². The molecule has 80 valence electrons. The lowest BCUT2D eigenvalue weighted by Gasteiger charge is -2.09. The summed E-state index contributed by atoms with van der Waals surface area (Å²) in [7, 11) is 1.67. The van der Waals surface area contributed by atoms with Gasteiger partial charge in [0.15, 0.2) is 0 Å². The van der Waals surface area contributed by atoms with E-state index in [4.69, 9.17) is 32.7 Å². The molecule has 0 rings (SSSR count). The van der Waals surface area contributed by atoms with E-state index in [1.54, 1.807) is 7.11 Å². The molecule has 0 unspecified atom stereocenters. The molecule has 0 aliphatic heterocycles. The Labute approximate surface area is 90.5 Å². The summed E-state index contributed by atoms with van der Waals surface area (Å²) in [6.07, 6.45) is 2.06. The highest BCUT2D eigenvalue weighted by Gasteiger charge is 2.04. The topological polar surface area (TPSA) is 18.5 Å². The van der Waals surface area contributed by atoms with E-state index < -0.39 is 0 Å². The van der Waals surface area contributed by atoms with Gasteiger partial charge >= 0.3 is 0 Å². The van der Waals surface area contributed by atoms with Crippen molar-refractivity contribution in [2.75, 3.05) is 38.7 Å². The van der Waals surface area contributed by atoms with Gasteiger partial charge in [0.2, 0.25) is 0 Å². The van der Waals surface area contributed by atoms with Gasteiger partial charge in [0.1, 0.15) is 0 Å². The summed E-state index contributed by atoms with van der Waals surface area (Å²) in [4.78, 5) is 0. The summed E-state index contributed by atoms with van der Waals surface area (Å²) in [6, 6.07) is 0. The van der Waals surface area contributed by atoms with Crippen molar-refractivity contribution in [3.63, 3.8) is 0 Å². The number of hydrogen-bond acceptors (Lipinski definition) is 2. The molecule has 0 saturated carbocycles. The zero-order valence-corrected chi connectivity index (χ0v) is 9.61. The van der Waals surface area contributed by atoms with Crippen molar-refractivity contribution < 1.29 is 9.47 Å². The zero-order chi connectivity index (χ0) is 9.94. The van der Waals surface area contributed by atoms with Gasteiger partial charge in [0.25, 0.3) is 0 Å². The molecule has 0 N–H and O–H groups in total. The lowest BCUT2D eigenvalue weighted by molar-refractivity contribution is 0.0678. The van der Waals surface area contributed by atoms with E-state index in [9.17, 15) is 0 Å². The van der Waals surface area contributed by atoms with Crippen LogP contribution in [0.5, 0.6) is 0 Å². The van der Waals surface area contributed by atoms with Crippen LogP contribution in [0.1, 0.15) is 12.8 Å². The molecule has 0 amide bonds. The Bertz CT molecular complexity index is 97.6. The lowest BCUT2D eigenvalue weighted by Crippen LogP contribution is -2.07. The Balaban J connectivity index is 3.05. The molecule has 0 atom stereocenters. The Morgan fingerprint density at radius 2 is 1.77 bits per heavy atom. The second-order valence-corrected chi connectivity index (χ2v) is 3.54. The summed E-state index contributed by atoms with van der Waals surface area (Å²) < 4.78 is 10.1. The molecule has 0 fully saturated rings. The summed E-state index contributed by atoms with van der Waals surface area (Å²) in [5.41, 5.74) is 0. The Kier molecular flexibility index (Phi) is 11.0. The van der Waals surface area contributed by atoms with Crippen molar-refractivity contribution in [2.45, 2.75) is 12.8 Å². The summed E-state index contributed by atoms with van der Waals surface area (Å²) in [5, 5.41) is 0. The molecule has 0 heterocycles. The van der Waals surface area contributed by atoms with Crippen molar-refractivity contribution in [3.8, 4) is 0 Å². The largest absolute Gasteiger partial charge is 0.382 e. The predicted molar refractivity (Wildman–Crippen MR) is 56.9 cm³/mol. The van der Waals surface area contributed by atoms with Crippen LogP contribution in [0.25, 0.3) is 0 Å². The van der Waals surface area contributed by atoms with Crippen LogP contribution in [0, 0.1) is 5.92 Å². The van der Waals surface area contributed by atoms with Gasteiger partial charge in [-0.15, -0.1) is 23.2 Å². The molecule has 0 aromatic carbocycles. The molecule has 0 radical (unpaired) electrons. The Morgan fingerprint density at radius 1 is 1.08 bits per heavy atom. The van der Waals surface area contributed by atoms with Crippen molar-refractivity contribution >= 4 is 23.2 Å². The minimum atomic E-state index is 0.425. The number of hydrogen-bond donors (Lipinski definition) is 0. The molecule has 0 aliphatic carbocycles. The smallest absolute Gasteiger partial charge is 0.0700 e. The first kappa shape index (κ1) is 13.5. The maximum Gasteiger partial charge on any atom is 0.0700 e. The molecule has 13 heavy (non-hydrogen) atoms. The lowest BCUT2D eigenvalue weighted by atomic mass is 10.1. The van der Waals surface area contributed by atoms with E-state index in [2.05, 4.69) is 0 Å². The highest BCUT2D eigenvalue weighted by molar-refractivity contribution is 6.20. The standard InChI is InChI=1S/C9H18Cl2O2/c1-12-5-6-13-4-2-3-9(7-10)8-11/h9H,2-8H2,1H3. The van der Waals surface area contributed by atoms with Gasteiger partial charge in [0.05, 0.1) is 13.2 Å². The first-order valence-corrected chi connectivity index (χ1v) is 5.60. The van der Waals surface area contributed by atoms with Crippen LogP contribution in [-0.2, 0) is 9.47 Å². The fourth-order valence-electron chi connectivity index (χ4n) is 0.914. The monoisotopic (exact) mass is 228 g/mol. The second-order valence-electron chi connectivity index (χ2n) is 2.92. The van der Waals surface area contributed by atoms with E-state index in [0.29, 0.717) is 30.9 Å². The third-order valence-corrected chi connectivity index (χ3v) is 2.64. The second kappa shape index (κ2) is 10.6. The van der Waals surface area contributed by atoms with E-state index in [1.165, 1.54) is 0 Å². The van der Waals surface area contributed by atoms with E-state index >= 15 is 0 Å². The molecule has 0 aromatic heterocycles. The molecule has 2 nitrogen and oxygen atoms in total. The number of methoxy groups -OCH3 is 1. The number of alkyl halides is 2. The number of rotatable bonds is 9. The first-order chi connectivity index (χ1) is 6.35. The Morgan fingerprint density at radius 3 is 2.31 bits per heavy atom. The fourth-order valence-corrected chi connectivity index (χ4v) is 1.55. The minimum absolute atomic E-state index is 0.425. The van der Waals surface area contributed by atoms with Crippen LogP contribution in [0.4, 0.5) is 0 Å². The molecule has 0 spiro atoms. The highest BCUT2D eigenvalue weighted by Crippen LogP contribution is 2.10. The average Bonchev–Trinajstić information content (AvgIpc) is 2.17. The molecule has 4 heteroatoms. The van der Waals surface area contributed by atoms with E-state index in [0.717, 1.165) is 19.4 Å². The van der Waals surface area contributed by atoms with E-state index in [-0.39, 0.29) is 0 Å². The van der Waals surface area contributed by atoms with Crippen molar-refractivity contribution in [1.82, 2.24) is 0 Å². The normalized spacial score (nSPS) is 11.1. The van der Waals surface area contributed by atoms with Crippen LogP contribution in [0.15, 0.2) is 0 Å². The zero-order valence-electron chi connectivity index (χ0n) is 8.10. The third kappa shape index (κ3) is 8.82. The van der Waals surface area contributed by atoms with Crippen LogP contribution in [0.3, 0.4) is 0 Å². The summed E-state index contributed by atoms with van der Waals surface area (Å²) in [5.74, 6) is 1.71. The average molecular weight is 229 g/mol. The first-order valence-electron chi connectivity index (χ1n) is 4.53. The third-order valence-electron chi connectivity index (χ3n) is 1.77. The van der Waals surface area contributed by atoms with Gasteiger partial charge in [-0.3, -0.25) is 0 Å². The van der Waals surface area contributed by atoms with Crippen LogP contribution in [-0.4, -0.2) is 38.7 Å². The van der Waals surface area contributed by atoms with Crippen molar-refractivity contribution in [2.24, 2.45) is 5.92 Å². The van der Waals surface area contributed by atoms with Gasteiger partial charge < -0.3 is 9.47 Å². The van der Waals surface area contributed by atoms with Crippen LogP contribution in [0.2, 0.25) is 0 Å². The molecular formula is C9H18Cl2O2. The van der Waals surface area contributed by atoms with Gasteiger partial charge in [-0.25, -0.2) is 0 Å². The molecule has 0 bridgehead atoms. The van der Waals surface area contributed by atoms with Crippen molar-refractivity contribution in [3.05, 3.63) is 0 Å². The number of halogens is 2. The number of ether oxygens (including phenoxy) is 2. The van der Waals surface area contributed by atoms with E-state index in [1.807, 2.05) is 0 Å². The maximum atomic E-state index is 5.68. The molecule has 0 saturated heterocycles. The van der Waals surface area contributed by atoms with Gasteiger partial charge in [-0.1, -0.05) is 0 Å². The fraction of sp³-hybridized carbons (Fsp3) is 1.00. The summed E-state index contributed by atoms with van der Waals surface area (Å²) >= 11 is 11.4. The SMILES string of the molecule is COCCOCCCC(CCl)CCl. The molecule has 0 aromatic rings. The van der Waals surface area contributed by atoms with Crippen LogP contribution < -0.4 is 0 Å². The molecule has 0 aliphatic rings. The minimum Gasteiger partial charge on any atom is -0.382 e. The quantitative estimate of drug-likeness (QED) is 0.446. The predicted octanol–water partition coefficient (Wildman–Crippen LogP) is 2.52. The highest BCUT2D eigenvalue weighted by atomic mass is 35.5.